The summed E-state index contributed by atoms with van der Waals surface area (Å²) in [5.74, 6) is 0.0706. The van der Waals surface area contributed by atoms with Crippen LogP contribution in [0.15, 0.2) is 12.1 Å². The van der Waals surface area contributed by atoms with Gasteiger partial charge >= 0.3 is 5.00 Å². The lowest BCUT2D eigenvalue weighted by Gasteiger charge is -2.34. The summed E-state index contributed by atoms with van der Waals surface area (Å²) in [6, 6.07) is 2.65. The van der Waals surface area contributed by atoms with Crippen LogP contribution in [-0.4, -0.2) is 47.4 Å². The Hall–Kier alpha value is -1.18. The highest BCUT2D eigenvalue weighted by molar-refractivity contribution is 7.17. The standard InChI is InChI=1S/C10H11ClN2O4S/c11-5-7-6-17-4-3-12(7)10(14)8-1-2-9(18-8)13(15)16/h1-2,7H,3-6H2. The second-order valence-electron chi connectivity index (χ2n) is 3.78. The fourth-order valence-corrected chi connectivity index (χ4v) is 2.76. The first kappa shape index (κ1) is 13.3. The molecule has 1 aliphatic heterocycles. The molecule has 2 rings (SSSR count). The van der Waals surface area contributed by atoms with Crippen molar-refractivity contribution in [3.8, 4) is 0 Å². The number of carbonyl (C=O) groups excluding carboxylic acids is 1. The van der Waals surface area contributed by atoms with Gasteiger partial charge in [0.05, 0.1) is 29.1 Å². The Kier molecular flexibility index (Phi) is 4.15. The molecular weight excluding hydrogens is 280 g/mol. The molecule has 98 valence electrons. The third kappa shape index (κ3) is 2.63. The number of hydrogen-bond donors (Lipinski definition) is 0. The van der Waals surface area contributed by atoms with E-state index in [1.807, 2.05) is 0 Å². The molecule has 1 aliphatic rings. The number of hydrogen-bond acceptors (Lipinski definition) is 5. The van der Waals surface area contributed by atoms with Gasteiger partial charge in [-0.15, -0.1) is 11.6 Å². The molecule has 1 aromatic rings. The molecule has 18 heavy (non-hydrogen) atoms. The molecule has 1 unspecified atom stereocenters. The number of morpholine rings is 1. The predicted octanol–water partition coefficient (Wildman–Crippen LogP) is 1.74. The molecule has 0 aliphatic carbocycles. The summed E-state index contributed by atoms with van der Waals surface area (Å²) in [6.45, 7) is 1.33. The molecule has 0 bridgehead atoms. The minimum Gasteiger partial charge on any atom is -0.377 e. The summed E-state index contributed by atoms with van der Waals surface area (Å²) in [7, 11) is 0. The van der Waals surface area contributed by atoms with Crippen LogP contribution in [0.2, 0.25) is 0 Å². The van der Waals surface area contributed by atoms with Crippen LogP contribution in [0.4, 0.5) is 5.00 Å². The van der Waals surface area contributed by atoms with Gasteiger partial charge in [0, 0.05) is 18.5 Å². The average Bonchev–Trinajstić information content (AvgIpc) is 2.87. The van der Waals surface area contributed by atoms with Gasteiger partial charge in [-0.25, -0.2) is 0 Å². The van der Waals surface area contributed by atoms with E-state index >= 15 is 0 Å². The van der Waals surface area contributed by atoms with Crippen LogP contribution in [-0.2, 0) is 4.74 Å². The first-order valence-electron chi connectivity index (χ1n) is 5.32. The van der Waals surface area contributed by atoms with E-state index in [1.165, 1.54) is 12.1 Å². The average molecular weight is 291 g/mol. The Bertz CT molecular complexity index is 464. The molecule has 0 N–H and O–H groups in total. The SMILES string of the molecule is O=C(c1ccc([N+](=O)[O-])s1)N1CCOCC1CCl. The van der Waals surface area contributed by atoms with Crippen LogP contribution in [0.1, 0.15) is 9.67 Å². The third-order valence-electron chi connectivity index (χ3n) is 2.65. The number of rotatable bonds is 3. The van der Waals surface area contributed by atoms with Crippen LogP contribution >= 0.6 is 22.9 Å². The summed E-state index contributed by atoms with van der Waals surface area (Å²) in [5, 5.41) is 10.6. The Morgan fingerprint density at radius 1 is 1.67 bits per heavy atom. The smallest absolute Gasteiger partial charge is 0.324 e. The molecule has 8 heteroatoms. The number of carbonyl (C=O) groups is 1. The van der Waals surface area contributed by atoms with E-state index < -0.39 is 4.92 Å². The molecule has 1 aromatic heterocycles. The van der Waals surface area contributed by atoms with E-state index in [9.17, 15) is 14.9 Å². The number of thiophene rings is 1. The quantitative estimate of drug-likeness (QED) is 0.483. The second kappa shape index (κ2) is 5.64. The zero-order valence-corrected chi connectivity index (χ0v) is 10.9. The van der Waals surface area contributed by atoms with Crippen molar-refractivity contribution in [2.45, 2.75) is 6.04 Å². The first-order chi connectivity index (χ1) is 8.63. The van der Waals surface area contributed by atoms with E-state index in [2.05, 4.69) is 0 Å². The van der Waals surface area contributed by atoms with E-state index in [0.29, 0.717) is 30.5 Å². The number of amides is 1. The minimum atomic E-state index is -0.500. The van der Waals surface area contributed by atoms with Gasteiger partial charge in [-0.05, 0) is 6.07 Å². The van der Waals surface area contributed by atoms with E-state index in [4.69, 9.17) is 16.3 Å². The fourth-order valence-electron chi connectivity index (χ4n) is 1.73. The number of alkyl halides is 1. The summed E-state index contributed by atoms with van der Waals surface area (Å²) in [6.07, 6.45) is 0. The van der Waals surface area contributed by atoms with Gasteiger partial charge in [-0.1, -0.05) is 11.3 Å². The van der Waals surface area contributed by atoms with Crippen LogP contribution in [0, 0.1) is 10.1 Å². The van der Waals surface area contributed by atoms with Crippen LogP contribution in [0.3, 0.4) is 0 Å². The largest absolute Gasteiger partial charge is 0.377 e. The molecular formula is C10H11ClN2O4S. The number of ether oxygens (including phenoxy) is 1. The topological polar surface area (TPSA) is 72.7 Å². The Morgan fingerprint density at radius 3 is 3.06 bits per heavy atom. The lowest BCUT2D eigenvalue weighted by atomic mass is 10.2. The molecule has 1 fully saturated rings. The molecule has 0 aromatic carbocycles. The maximum atomic E-state index is 12.2. The first-order valence-corrected chi connectivity index (χ1v) is 6.67. The van der Waals surface area contributed by atoms with Crippen molar-refractivity contribution in [1.82, 2.24) is 4.90 Å². The zero-order valence-electron chi connectivity index (χ0n) is 9.37. The number of halogens is 1. The monoisotopic (exact) mass is 290 g/mol. The summed E-state index contributed by atoms with van der Waals surface area (Å²) in [4.78, 5) is 24.3. The fraction of sp³-hybridized carbons (Fsp3) is 0.500. The zero-order chi connectivity index (χ0) is 13.1. The highest BCUT2D eigenvalue weighted by atomic mass is 35.5. The van der Waals surface area contributed by atoms with Gasteiger partial charge in [-0.3, -0.25) is 14.9 Å². The maximum absolute atomic E-state index is 12.2. The minimum absolute atomic E-state index is 0.0333. The molecule has 1 amide bonds. The van der Waals surface area contributed by atoms with Crippen LogP contribution < -0.4 is 0 Å². The van der Waals surface area contributed by atoms with Crippen molar-refractivity contribution in [3.63, 3.8) is 0 Å². The highest BCUT2D eigenvalue weighted by Gasteiger charge is 2.29. The molecule has 0 saturated carbocycles. The highest BCUT2D eigenvalue weighted by Crippen LogP contribution is 2.26. The van der Waals surface area contributed by atoms with Gasteiger partial charge in [0.1, 0.15) is 0 Å². The molecule has 2 heterocycles. The van der Waals surface area contributed by atoms with E-state index in [1.54, 1.807) is 4.90 Å². The van der Waals surface area contributed by atoms with Crippen molar-refractivity contribution >= 4 is 33.8 Å². The third-order valence-corrected chi connectivity index (χ3v) is 4.03. The molecule has 0 radical (unpaired) electrons. The Balaban J connectivity index is 2.15. The summed E-state index contributed by atoms with van der Waals surface area (Å²) in [5.41, 5.74) is 0. The predicted molar refractivity (Wildman–Crippen MR) is 67.3 cm³/mol. The van der Waals surface area contributed by atoms with Gasteiger partial charge in [0.15, 0.2) is 0 Å². The number of nitro groups is 1. The second-order valence-corrected chi connectivity index (χ2v) is 5.15. The normalized spacial score (nSPS) is 19.8. The van der Waals surface area contributed by atoms with Gasteiger partial charge in [-0.2, -0.15) is 0 Å². The molecule has 1 atom stereocenters. The lowest BCUT2D eigenvalue weighted by Crippen LogP contribution is -2.49. The van der Waals surface area contributed by atoms with Gasteiger partial charge in [0.25, 0.3) is 5.91 Å². The summed E-state index contributed by atoms with van der Waals surface area (Å²) >= 11 is 6.66. The van der Waals surface area contributed by atoms with Gasteiger partial charge < -0.3 is 9.64 Å². The van der Waals surface area contributed by atoms with Crippen molar-refractivity contribution in [2.75, 3.05) is 25.6 Å². The molecule has 6 nitrogen and oxygen atoms in total. The van der Waals surface area contributed by atoms with Crippen molar-refractivity contribution in [3.05, 3.63) is 27.1 Å². The van der Waals surface area contributed by atoms with Crippen LogP contribution in [0.5, 0.6) is 0 Å². The van der Waals surface area contributed by atoms with Crippen molar-refractivity contribution in [1.29, 1.82) is 0 Å². The van der Waals surface area contributed by atoms with Crippen LogP contribution in [0.25, 0.3) is 0 Å². The van der Waals surface area contributed by atoms with E-state index in [0.717, 1.165) is 11.3 Å². The lowest BCUT2D eigenvalue weighted by molar-refractivity contribution is -0.380. The number of nitrogens with zero attached hydrogens (tertiary/aromatic N) is 2. The Morgan fingerprint density at radius 2 is 2.44 bits per heavy atom. The molecule has 1 saturated heterocycles. The maximum Gasteiger partial charge on any atom is 0.324 e. The summed E-state index contributed by atoms with van der Waals surface area (Å²) < 4.78 is 5.25. The Labute approximate surface area is 112 Å². The molecule has 0 spiro atoms. The van der Waals surface area contributed by atoms with E-state index in [-0.39, 0.29) is 17.0 Å². The van der Waals surface area contributed by atoms with Crippen molar-refractivity contribution in [2.24, 2.45) is 0 Å². The van der Waals surface area contributed by atoms with Crippen molar-refractivity contribution < 1.29 is 14.5 Å². The van der Waals surface area contributed by atoms with Gasteiger partial charge in [0.2, 0.25) is 0 Å².